The maximum Gasteiger partial charge on any atom is 0.346 e. The monoisotopic (exact) mass is 331 g/mol. The lowest BCUT2D eigenvalue weighted by molar-refractivity contribution is -0.130. The molecule has 6 heteroatoms. The van der Waals surface area contributed by atoms with Gasteiger partial charge in [0, 0.05) is 0 Å². The highest BCUT2D eigenvalue weighted by Crippen LogP contribution is 2.21. The van der Waals surface area contributed by atoms with Crippen LogP contribution in [0.4, 0.5) is 4.79 Å². The van der Waals surface area contributed by atoms with Gasteiger partial charge in [0.1, 0.15) is 11.3 Å². The van der Waals surface area contributed by atoms with Crippen LogP contribution in [-0.4, -0.2) is 35.3 Å². The number of benzene rings is 1. The van der Waals surface area contributed by atoms with Crippen LogP contribution in [0.2, 0.25) is 0 Å². The van der Waals surface area contributed by atoms with E-state index in [0.29, 0.717) is 13.0 Å². The van der Waals surface area contributed by atoms with Gasteiger partial charge in [0.2, 0.25) is 0 Å². The highest BCUT2D eigenvalue weighted by molar-refractivity contribution is 6.07. The number of imide groups is 1. The lowest BCUT2D eigenvalue weighted by Gasteiger charge is -2.17. The first-order valence-electron chi connectivity index (χ1n) is 8.43. The summed E-state index contributed by atoms with van der Waals surface area (Å²) in [5, 5.41) is 7.57. The molecule has 1 aliphatic rings. The molecule has 1 aromatic rings. The van der Waals surface area contributed by atoms with Crippen molar-refractivity contribution in [3.63, 3.8) is 0 Å². The Morgan fingerprint density at radius 3 is 2.50 bits per heavy atom. The summed E-state index contributed by atoms with van der Waals surface area (Å²) in [6.07, 6.45) is 5.39. The van der Waals surface area contributed by atoms with Crippen LogP contribution < -0.4 is 10.1 Å². The maximum atomic E-state index is 12.2. The number of amides is 3. The third-order valence-electron chi connectivity index (χ3n) is 4.17. The summed E-state index contributed by atoms with van der Waals surface area (Å²) in [7, 11) is 0. The fraction of sp³-hybridized carbons (Fsp3) is 0.500. The summed E-state index contributed by atoms with van der Waals surface area (Å²) >= 11 is 0. The second kappa shape index (κ2) is 7.95. The number of ether oxygens (including phenoxy) is 1. The van der Waals surface area contributed by atoms with Crippen LogP contribution in [0.5, 0.6) is 5.75 Å². The van der Waals surface area contributed by atoms with Crippen LogP contribution in [0.15, 0.2) is 29.4 Å². The molecular weight excluding hydrogens is 306 g/mol. The van der Waals surface area contributed by atoms with Gasteiger partial charge in [-0.2, -0.15) is 5.10 Å². The third kappa shape index (κ3) is 4.13. The van der Waals surface area contributed by atoms with Crippen LogP contribution >= 0.6 is 0 Å². The number of hydrazone groups is 1. The van der Waals surface area contributed by atoms with Crippen molar-refractivity contribution in [3.05, 3.63) is 29.8 Å². The fourth-order valence-electron chi connectivity index (χ4n) is 2.33. The van der Waals surface area contributed by atoms with E-state index in [4.69, 9.17) is 4.74 Å². The number of rotatable bonds is 8. The molecule has 2 rings (SSSR count). The molecule has 0 saturated carbocycles. The minimum Gasteiger partial charge on any atom is -0.494 e. The minimum absolute atomic E-state index is 0.331. The Morgan fingerprint density at radius 1 is 1.21 bits per heavy atom. The molecule has 1 N–H and O–H groups in total. The first kappa shape index (κ1) is 18.0. The molecule has 1 aromatic carbocycles. The third-order valence-corrected chi connectivity index (χ3v) is 4.17. The topological polar surface area (TPSA) is 71.0 Å². The van der Waals surface area contributed by atoms with Gasteiger partial charge in [-0.25, -0.2) is 4.79 Å². The summed E-state index contributed by atoms with van der Waals surface area (Å²) in [6, 6.07) is 6.91. The molecule has 130 valence electrons. The average molecular weight is 331 g/mol. The number of urea groups is 1. The van der Waals surface area contributed by atoms with Crippen molar-refractivity contribution in [1.82, 2.24) is 10.3 Å². The van der Waals surface area contributed by atoms with Crippen molar-refractivity contribution in [3.8, 4) is 5.75 Å². The molecule has 3 amide bonds. The first-order chi connectivity index (χ1) is 11.5. The predicted octanol–water partition coefficient (Wildman–Crippen LogP) is 3.31. The SMILES string of the molecule is CCCCCOc1ccc(/C=N\N2C(=O)N[C@@](C)(CC)C2=O)cc1. The van der Waals surface area contributed by atoms with Gasteiger partial charge in [0.15, 0.2) is 0 Å². The average Bonchev–Trinajstić information content (AvgIpc) is 2.81. The normalized spacial score (nSPS) is 20.7. The van der Waals surface area contributed by atoms with Crippen molar-refractivity contribution in [1.29, 1.82) is 0 Å². The molecule has 1 heterocycles. The molecule has 0 spiro atoms. The Morgan fingerprint density at radius 2 is 1.92 bits per heavy atom. The lowest BCUT2D eigenvalue weighted by atomic mass is 10.00. The first-order valence-corrected chi connectivity index (χ1v) is 8.43. The van der Waals surface area contributed by atoms with E-state index in [1.165, 1.54) is 12.6 Å². The largest absolute Gasteiger partial charge is 0.494 e. The van der Waals surface area contributed by atoms with Crippen LogP contribution in [-0.2, 0) is 4.79 Å². The molecule has 24 heavy (non-hydrogen) atoms. The number of carbonyl (C=O) groups is 2. The molecule has 0 radical (unpaired) electrons. The van der Waals surface area contributed by atoms with Crippen LogP contribution in [0.1, 0.15) is 52.0 Å². The molecule has 6 nitrogen and oxygen atoms in total. The molecule has 1 fully saturated rings. The molecular formula is C18H25N3O3. The molecule has 1 saturated heterocycles. The van der Waals surface area contributed by atoms with E-state index in [0.717, 1.165) is 29.2 Å². The zero-order chi connectivity index (χ0) is 17.6. The van der Waals surface area contributed by atoms with Gasteiger partial charge >= 0.3 is 6.03 Å². The summed E-state index contributed by atoms with van der Waals surface area (Å²) < 4.78 is 5.64. The number of hydrogen-bond acceptors (Lipinski definition) is 4. The number of nitrogens with zero attached hydrogens (tertiary/aromatic N) is 2. The predicted molar refractivity (Wildman–Crippen MR) is 93.1 cm³/mol. The van der Waals surface area contributed by atoms with Crippen molar-refractivity contribution >= 4 is 18.2 Å². The molecule has 0 aromatic heterocycles. The van der Waals surface area contributed by atoms with Gasteiger partial charge < -0.3 is 10.1 Å². The molecule has 0 aliphatic carbocycles. The number of carbonyl (C=O) groups excluding carboxylic acids is 2. The summed E-state index contributed by atoms with van der Waals surface area (Å²) in [5.41, 5.74) is -0.0773. The highest BCUT2D eigenvalue weighted by atomic mass is 16.5. The van der Waals surface area contributed by atoms with E-state index >= 15 is 0 Å². The van der Waals surface area contributed by atoms with E-state index < -0.39 is 11.6 Å². The van der Waals surface area contributed by atoms with Gasteiger partial charge in [-0.05, 0) is 49.6 Å². The van der Waals surface area contributed by atoms with Crippen molar-refractivity contribution in [2.24, 2.45) is 5.10 Å². The minimum atomic E-state index is -0.870. The van der Waals surface area contributed by atoms with Crippen molar-refractivity contribution in [2.75, 3.05) is 6.61 Å². The molecule has 0 bridgehead atoms. The lowest BCUT2D eigenvalue weighted by Crippen LogP contribution is -2.42. The Bertz CT molecular complexity index is 612. The second-order valence-corrected chi connectivity index (χ2v) is 6.10. The molecule has 0 unspecified atom stereocenters. The Kier molecular flexibility index (Phi) is 5.95. The van der Waals surface area contributed by atoms with Gasteiger partial charge in [0.05, 0.1) is 12.8 Å². The smallest absolute Gasteiger partial charge is 0.346 e. The van der Waals surface area contributed by atoms with Gasteiger partial charge in [-0.1, -0.05) is 26.7 Å². The fourth-order valence-corrected chi connectivity index (χ4v) is 2.33. The van der Waals surface area contributed by atoms with E-state index in [9.17, 15) is 9.59 Å². The van der Waals surface area contributed by atoms with E-state index in [1.54, 1.807) is 6.92 Å². The summed E-state index contributed by atoms with van der Waals surface area (Å²) in [6.45, 7) is 6.42. The zero-order valence-corrected chi connectivity index (χ0v) is 14.5. The van der Waals surface area contributed by atoms with Crippen molar-refractivity contribution < 1.29 is 14.3 Å². The molecule has 1 aliphatic heterocycles. The van der Waals surface area contributed by atoms with Gasteiger partial charge in [-0.3, -0.25) is 4.79 Å². The summed E-state index contributed by atoms with van der Waals surface area (Å²) in [5.74, 6) is 0.471. The van der Waals surface area contributed by atoms with Crippen LogP contribution in [0.25, 0.3) is 0 Å². The van der Waals surface area contributed by atoms with Gasteiger partial charge in [0.25, 0.3) is 5.91 Å². The zero-order valence-electron chi connectivity index (χ0n) is 14.5. The van der Waals surface area contributed by atoms with E-state index in [2.05, 4.69) is 17.3 Å². The number of hydrogen-bond donors (Lipinski definition) is 1. The maximum absolute atomic E-state index is 12.2. The highest BCUT2D eigenvalue weighted by Gasteiger charge is 2.46. The molecule has 1 atom stereocenters. The number of nitrogens with one attached hydrogen (secondary N) is 1. The second-order valence-electron chi connectivity index (χ2n) is 6.10. The van der Waals surface area contributed by atoms with Crippen LogP contribution in [0.3, 0.4) is 0 Å². The Hall–Kier alpha value is -2.37. The van der Waals surface area contributed by atoms with Gasteiger partial charge in [-0.15, -0.1) is 5.01 Å². The summed E-state index contributed by atoms with van der Waals surface area (Å²) in [4.78, 5) is 24.1. The van der Waals surface area contributed by atoms with Crippen LogP contribution in [0, 0.1) is 0 Å². The Balaban J connectivity index is 1.95. The number of unbranched alkanes of at least 4 members (excludes halogenated alkanes) is 2. The van der Waals surface area contributed by atoms with Crippen molar-refractivity contribution in [2.45, 2.75) is 52.0 Å². The Labute approximate surface area is 142 Å². The quantitative estimate of drug-likeness (QED) is 0.451. The standard InChI is InChI=1S/C18H25N3O3/c1-4-6-7-12-24-15-10-8-14(9-11-15)13-19-21-16(22)18(3,5-2)20-17(21)23/h8-11,13H,4-7,12H2,1-3H3,(H,20,23)/b19-13-/t18-/m0/s1. The van der Waals surface area contributed by atoms with E-state index in [-0.39, 0.29) is 5.91 Å². The van der Waals surface area contributed by atoms with E-state index in [1.807, 2.05) is 31.2 Å².